The number of pyridine rings is 1. The second kappa shape index (κ2) is 4.34. The third kappa shape index (κ3) is 1.99. The van der Waals surface area contributed by atoms with Crippen LogP contribution in [0, 0.1) is 18.3 Å². The minimum absolute atomic E-state index is 0.0612. The van der Waals surface area contributed by atoms with Crippen LogP contribution in [0.25, 0.3) is 0 Å². The lowest BCUT2D eigenvalue weighted by molar-refractivity contribution is 0.150. The SMILES string of the molecule is Cc1nc(CCl)cc(C(F)F)c1C#N. The van der Waals surface area contributed by atoms with Crippen molar-refractivity contribution in [3.8, 4) is 6.07 Å². The number of rotatable bonds is 2. The molecule has 0 saturated carbocycles. The molecule has 0 bridgehead atoms. The highest BCUT2D eigenvalue weighted by atomic mass is 35.5. The Balaban J connectivity index is 3.37. The van der Waals surface area contributed by atoms with Crippen LogP contribution in [0.5, 0.6) is 0 Å². The van der Waals surface area contributed by atoms with Gasteiger partial charge >= 0.3 is 0 Å². The number of hydrogen-bond donors (Lipinski definition) is 0. The van der Waals surface area contributed by atoms with Crippen molar-refractivity contribution in [2.24, 2.45) is 0 Å². The highest BCUT2D eigenvalue weighted by Gasteiger charge is 2.16. The lowest BCUT2D eigenvalue weighted by atomic mass is 10.1. The van der Waals surface area contributed by atoms with E-state index >= 15 is 0 Å². The molecule has 0 aromatic carbocycles. The van der Waals surface area contributed by atoms with Gasteiger partial charge in [0, 0.05) is 5.56 Å². The predicted octanol–water partition coefficient (Wildman–Crippen LogP) is 2.94. The molecule has 14 heavy (non-hydrogen) atoms. The van der Waals surface area contributed by atoms with E-state index in [9.17, 15) is 8.78 Å². The van der Waals surface area contributed by atoms with Gasteiger partial charge < -0.3 is 0 Å². The predicted molar refractivity (Wildman–Crippen MR) is 48.2 cm³/mol. The first-order valence-corrected chi connectivity index (χ1v) is 4.38. The molecule has 1 aromatic rings. The Morgan fingerprint density at radius 3 is 2.71 bits per heavy atom. The van der Waals surface area contributed by atoms with Gasteiger partial charge in [-0.2, -0.15) is 5.26 Å². The molecule has 0 N–H and O–H groups in total. The molecule has 0 radical (unpaired) electrons. The van der Waals surface area contributed by atoms with Crippen LogP contribution in [0.15, 0.2) is 6.07 Å². The summed E-state index contributed by atoms with van der Waals surface area (Å²) in [5.41, 5.74) is 0.295. The summed E-state index contributed by atoms with van der Waals surface area (Å²) in [5, 5.41) is 8.66. The molecule has 0 atom stereocenters. The summed E-state index contributed by atoms with van der Waals surface area (Å²) in [6.07, 6.45) is -2.67. The Bertz CT molecular complexity index is 385. The second-order valence-corrected chi connectivity index (χ2v) is 2.98. The zero-order valence-corrected chi connectivity index (χ0v) is 8.15. The molecule has 0 unspecified atom stereocenters. The number of aromatic nitrogens is 1. The van der Waals surface area contributed by atoms with E-state index in [4.69, 9.17) is 16.9 Å². The Morgan fingerprint density at radius 1 is 1.64 bits per heavy atom. The van der Waals surface area contributed by atoms with Gasteiger partial charge in [0.1, 0.15) is 6.07 Å². The molecule has 0 amide bonds. The number of nitriles is 1. The zero-order valence-electron chi connectivity index (χ0n) is 7.39. The van der Waals surface area contributed by atoms with E-state index in [1.165, 1.54) is 13.0 Å². The van der Waals surface area contributed by atoms with E-state index in [1.807, 2.05) is 0 Å². The Labute approximate surface area is 85.1 Å². The summed E-state index contributed by atoms with van der Waals surface area (Å²) in [5.74, 6) is 0.0618. The average molecular weight is 217 g/mol. The summed E-state index contributed by atoms with van der Waals surface area (Å²) < 4.78 is 25.0. The van der Waals surface area contributed by atoms with Crippen LogP contribution in [0.1, 0.15) is 28.9 Å². The van der Waals surface area contributed by atoms with Gasteiger partial charge in [0.15, 0.2) is 0 Å². The molecule has 0 spiro atoms. The first-order chi connectivity index (χ1) is 6.60. The summed E-state index contributed by atoms with van der Waals surface area (Å²) in [7, 11) is 0. The summed E-state index contributed by atoms with van der Waals surface area (Å²) in [6, 6.07) is 2.88. The van der Waals surface area contributed by atoms with Crippen molar-refractivity contribution < 1.29 is 8.78 Å². The monoisotopic (exact) mass is 216 g/mol. The van der Waals surface area contributed by atoms with E-state index in [0.717, 1.165) is 0 Å². The van der Waals surface area contributed by atoms with E-state index in [2.05, 4.69) is 4.98 Å². The van der Waals surface area contributed by atoms with E-state index in [-0.39, 0.29) is 17.0 Å². The summed E-state index contributed by atoms with van der Waals surface area (Å²) >= 11 is 5.48. The fourth-order valence-corrected chi connectivity index (χ4v) is 1.29. The van der Waals surface area contributed by atoms with Gasteiger partial charge in [0.05, 0.1) is 22.8 Å². The van der Waals surface area contributed by atoms with Gasteiger partial charge in [-0.05, 0) is 13.0 Å². The molecule has 74 valence electrons. The fourth-order valence-electron chi connectivity index (χ4n) is 1.15. The van der Waals surface area contributed by atoms with Crippen LogP contribution in [-0.4, -0.2) is 4.98 Å². The van der Waals surface area contributed by atoms with Crippen LogP contribution in [0.4, 0.5) is 8.78 Å². The van der Waals surface area contributed by atoms with Crippen LogP contribution in [0.3, 0.4) is 0 Å². The molecule has 5 heteroatoms. The van der Waals surface area contributed by atoms with Crippen molar-refractivity contribution in [1.29, 1.82) is 5.26 Å². The molecular formula is C9H7ClF2N2. The minimum atomic E-state index is -2.67. The molecule has 0 aliphatic heterocycles. The highest BCUT2D eigenvalue weighted by molar-refractivity contribution is 6.16. The smallest absolute Gasteiger partial charge is 0.256 e. The van der Waals surface area contributed by atoms with Crippen molar-refractivity contribution in [2.45, 2.75) is 19.2 Å². The molecule has 0 aliphatic carbocycles. The lowest BCUT2D eigenvalue weighted by Gasteiger charge is -2.06. The van der Waals surface area contributed by atoms with Crippen molar-refractivity contribution in [3.05, 3.63) is 28.6 Å². The Morgan fingerprint density at radius 2 is 2.29 bits per heavy atom. The molecule has 1 heterocycles. The van der Waals surface area contributed by atoms with E-state index in [0.29, 0.717) is 11.4 Å². The van der Waals surface area contributed by atoms with Crippen LogP contribution in [0.2, 0.25) is 0 Å². The first kappa shape index (κ1) is 10.9. The molecule has 0 fully saturated rings. The molecule has 0 saturated heterocycles. The maximum atomic E-state index is 12.5. The zero-order chi connectivity index (χ0) is 10.7. The minimum Gasteiger partial charge on any atom is -0.256 e. The van der Waals surface area contributed by atoms with Gasteiger partial charge in [-0.1, -0.05) is 0 Å². The van der Waals surface area contributed by atoms with Gasteiger partial charge in [0.25, 0.3) is 6.43 Å². The fraction of sp³-hybridized carbons (Fsp3) is 0.333. The van der Waals surface area contributed by atoms with Crippen molar-refractivity contribution in [2.75, 3.05) is 0 Å². The van der Waals surface area contributed by atoms with Crippen molar-refractivity contribution in [1.82, 2.24) is 4.98 Å². The molecule has 0 aliphatic rings. The number of nitrogens with zero attached hydrogens (tertiary/aromatic N) is 2. The van der Waals surface area contributed by atoms with Crippen molar-refractivity contribution in [3.63, 3.8) is 0 Å². The van der Waals surface area contributed by atoms with Gasteiger partial charge in [0.2, 0.25) is 0 Å². The van der Waals surface area contributed by atoms with E-state index in [1.54, 1.807) is 6.07 Å². The number of halogens is 3. The van der Waals surface area contributed by atoms with Crippen LogP contribution in [-0.2, 0) is 5.88 Å². The highest BCUT2D eigenvalue weighted by Crippen LogP contribution is 2.25. The first-order valence-electron chi connectivity index (χ1n) is 3.84. The Kier molecular flexibility index (Phi) is 3.37. The maximum absolute atomic E-state index is 12.5. The maximum Gasteiger partial charge on any atom is 0.265 e. The summed E-state index contributed by atoms with van der Waals surface area (Å²) in [4.78, 5) is 3.92. The van der Waals surface area contributed by atoms with Gasteiger partial charge in [-0.3, -0.25) is 4.98 Å². The molecule has 2 nitrogen and oxygen atoms in total. The number of aryl methyl sites for hydroxylation is 1. The molecular weight excluding hydrogens is 210 g/mol. The largest absolute Gasteiger partial charge is 0.265 e. The topological polar surface area (TPSA) is 36.7 Å². The quantitative estimate of drug-likeness (QED) is 0.713. The average Bonchev–Trinajstić information content (AvgIpc) is 2.16. The van der Waals surface area contributed by atoms with Crippen molar-refractivity contribution >= 4 is 11.6 Å². The Hall–Kier alpha value is -1.21. The van der Waals surface area contributed by atoms with Gasteiger partial charge in [-0.25, -0.2) is 8.78 Å². The number of alkyl halides is 3. The van der Waals surface area contributed by atoms with Crippen LogP contribution >= 0.6 is 11.6 Å². The standard InChI is InChI=1S/C9H7ClF2N2/c1-5-8(4-13)7(9(11)12)2-6(3-10)14-5/h2,9H,3H2,1H3. The molecule has 1 rings (SSSR count). The second-order valence-electron chi connectivity index (χ2n) is 2.71. The van der Waals surface area contributed by atoms with Gasteiger partial charge in [-0.15, -0.1) is 11.6 Å². The van der Waals surface area contributed by atoms with E-state index < -0.39 is 6.43 Å². The summed E-state index contributed by atoms with van der Waals surface area (Å²) in [6.45, 7) is 1.51. The van der Waals surface area contributed by atoms with Crippen LogP contribution < -0.4 is 0 Å². The third-order valence-electron chi connectivity index (χ3n) is 1.77. The normalized spacial score (nSPS) is 10.3. The number of hydrogen-bond acceptors (Lipinski definition) is 2. The lowest BCUT2D eigenvalue weighted by Crippen LogP contribution is -2.00. The third-order valence-corrected chi connectivity index (χ3v) is 2.04. The molecule has 1 aromatic heterocycles.